The largest absolute Gasteiger partial charge is 0.391 e. The highest BCUT2D eigenvalue weighted by molar-refractivity contribution is 5.50. The lowest BCUT2D eigenvalue weighted by Gasteiger charge is -2.25. The predicted molar refractivity (Wildman–Crippen MR) is 79.4 cm³/mol. The fourth-order valence-electron chi connectivity index (χ4n) is 2.43. The summed E-state index contributed by atoms with van der Waals surface area (Å²) < 4.78 is 1.76. The number of nitrogens with zero attached hydrogens (tertiary/aromatic N) is 5. The van der Waals surface area contributed by atoms with E-state index < -0.39 is 0 Å². The van der Waals surface area contributed by atoms with Crippen LogP contribution in [-0.4, -0.2) is 26.4 Å². The summed E-state index contributed by atoms with van der Waals surface area (Å²) >= 11 is 0. The van der Waals surface area contributed by atoms with Gasteiger partial charge in [-0.15, -0.1) is 0 Å². The molecular weight excluding hydrogens is 266 g/mol. The smallest absolute Gasteiger partial charge is 0.132 e. The average Bonchev–Trinajstić information content (AvgIpc) is 2.78. The third kappa shape index (κ3) is 3.38. The highest BCUT2D eigenvalue weighted by Crippen LogP contribution is 2.25. The van der Waals surface area contributed by atoms with Crippen LogP contribution in [0, 0.1) is 18.3 Å². The summed E-state index contributed by atoms with van der Waals surface area (Å²) in [6.45, 7) is 3.02. The van der Waals surface area contributed by atoms with Gasteiger partial charge in [-0.05, 0) is 18.6 Å². The molecule has 0 aromatic carbocycles. The van der Waals surface area contributed by atoms with Crippen molar-refractivity contribution in [3.8, 4) is 6.07 Å². The van der Waals surface area contributed by atoms with Crippen LogP contribution in [-0.2, 0) is 20.2 Å². The Kier molecular flexibility index (Phi) is 4.90. The molecule has 21 heavy (non-hydrogen) atoms. The van der Waals surface area contributed by atoms with Crippen molar-refractivity contribution in [2.75, 3.05) is 11.4 Å². The first-order chi connectivity index (χ1) is 10.2. The first-order valence-electron chi connectivity index (χ1n) is 6.81. The highest BCUT2D eigenvalue weighted by Gasteiger charge is 2.19. The molecule has 6 nitrogen and oxygen atoms in total. The van der Waals surface area contributed by atoms with E-state index in [0.29, 0.717) is 19.5 Å². The molecule has 110 valence electrons. The van der Waals surface area contributed by atoms with Gasteiger partial charge < -0.3 is 10.0 Å². The summed E-state index contributed by atoms with van der Waals surface area (Å²) in [7, 11) is 1.85. The standard InChI is InChI=1S/C15H19N5O/c1-12-14(11-21)15(19(2)18-12)20(8-4-6-16)10-13-5-3-7-17-9-13/h3,5,7,9,21H,4,8,10-11H2,1-2H3. The molecule has 0 aliphatic carbocycles. The second-order valence-electron chi connectivity index (χ2n) is 4.86. The van der Waals surface area contributed by atoms with Crippen LogP contribution >= 0.6 is 0 Å². The minimum atomic E-state index is -0.0644. The van der Waals surface area contributed by atoms with Crippen molar-refractivity contribution in [1.82, 2.24) is 14.8 Å². The molecule has 0 saturated heterocycles. The number of aryl methyl sites for hydroxylation is 2. The SMILES string of the molecule is Cc1nn(C)c(N(CCC#N)Cc2cccnc2)c1CO. The van der Waals surface area contributed by atoms with Crippen LogP contribution < -0.4 is 4.90 Å². The van der Waals surface area contributed by atoms with Crippen LogP contribution in [0.1, 0.15) is 23.2 Å². The summed E-state index contributed by atoms with van der Waals surface area (Å²) in [5, 5.41) is 22.8. The normalized spacial score (nSPS) is 10.4. The Balaban J connectivity index is 2.34. The van der Waals surface area contributed by atoms with Gasteiger partial charge in [0.1, 0.15) is 5.82 Å². The van der Waals surface area contributed by atoms with E-state index in [-0.39, 0.29) is 6.61 Å². The van der Waals surface area contributed by atoms with Gasteiger partial charge in [0, 0.05) is 38.1 Å². The maximum absolute atomic E-state index is 9.60. The van der Waals surface area contributed by atoms with Gasteiger partial charge in [0.05, 0.1) is 24.8 Å². The molecule has 6 heteroatoms. The van der Waals surface area contributed by atoms with Gasteiger partial charge in [0.25, 0.3) is 0 Å². The van der Waals surface area contributed by atoms with E-state index in [9.17, 15) is 5.11 Å². The van der Waals surface area contributed by atoms with Crippen LogP contribution in [0.15, 0.2) is 24.5 Å². The van der Waals surface area contributed by atoms with E-state index in [2.05, 4.69) is 21.1 Å². The number of hydrogen-bond acceptors (Lipinski definition) is 5. The summed E-state index contributed by atoms with van der Waals surface area (Å²) in [5.41, 5.74) is 2.67. The highest BCUT2D eigenvalue weighted by atomic mass is 16.3. The third-order valence-electron chi connectivity index (χ3n) is 3.36. The maximum Gasteiger partial charge on any atom is 0.132 e. The Labute approximate surface area is 124 Å². The molecule has 0 saturated carbocycles. The number of hydrogen-bond donors (Lipinski definition) is 1. The molecule has 0 amide bonds. The van der Waals surface area contributed by atoms with E-state index in [1.807, 2.05) is 26.1 Å². The van der Waals surface area contributed by atoms with Crippen molar-refractivity contribution in [3.63, 3.8) is 0 Å². The molecule has 0 aliphatic heterocycles. The van der Waals surface area contributed by atoms with Gasteiger partial charge in [0.2, 0.25) is 0 Å². The molecule has 0 spiro atoms. The minimum Gasteiger partial charge on any atom is -0.391 e. The van der Waals surface area contributed by atoms with Crippen molar-refractivity contribution in [1.29, 1.82) is 5.26 Å². The van der Waals surface area contributed by atoms with Gasteiger partial charge in [-0.1, -0.05) is 6.07 Å². The molecule has 2 aromatic rings. The second-order valence-corrected chi connectivity index (χ2v) is 4.86. The van der Waals surface area contributed by atoms with Crippen molar-refractivity contribution in [3.05, 3.63) is 41.3 Å². The topological polar surface area (TPSA) is 78.0 Å². The van der Waals surface area contributed by atoms with Crippen molar-refractivity contribution in [2.45, 2.75) is 26.5 Å². The quantitative estimate of drug-likeness (QED) is 0.871. The Morgan fingerprint density at radius 2 is 2.29 bits per heavy atom. The lowest BCUT2D eigenvalue weighted by atomic mass is 10.2. The van der Waals surface area contributed by atoms with E-state index in [4.69, 9.17) is 5.26 Å². The zero-order chi connectivity index (χ0) is 15.2. The van der Waals surface area contributed by atoms with Crippen LogP contribution in [0.3, 0.4) is 0 Å². The van der Waals surface area contributed by atoms with Crippen LogP contribution in [0.4, 0.5) is 5.82 Å². The summed E-state index contributed by atoms with van der Waals surface area (Å²) in [6, 6.07) is 6.05. The fraction of sp³-hybridized carbons (Fsp3) is 0.400. The van der Waals surface area contributed by atoms with Crippen LogP contribution in [0.5, 0.6) is 0 Å². The van der Waals surface area contributed by atoms with E-state index in [1.54, 1.807) is 17.1 Å². The van der Waals surface area contributed by atoms with Crippen molar-refractivity contribution in [2.24, 2.45) is 7.05 Å². The number of nitriles is 1. The first-order valence-corrected chi connectivity index (χ1v) is 6.81. The Hall–Kier alpha value is -2.39. The summed E-state index contributed by atoms with van der Waals surface area (Å²) in [6.07, 6.45) is 3.95. The van der Waals surface area contributed by atoms with Crippen molar-refractivity contribution >= 4 is 5.82 Å². The molecular formula is C15H19N5O. The number of pyridine rings is 1. The number of aromatic nitrogens is 3. The van der Waals surface area contributed by atoms with E-state index in [1.165, 1.54) is 0 Å². The van der Waals surface area contributed by atoms with E-state index in [0.717, 1.165) is 22.6 Å². The van der Waals surface area contributed by atoms with Gasteiger partial charge in [0.15, 0.2) is 0 Å². The third-order valence-corrected chi connectivity index (χ3v) is 3.36. The Morgan fingerprint density at radius 1 is 1.48 bits per heavy atom. The Bertz CT molecular complexity index is 630. The Morgan fingerprint density at radius 3 is 2.90 bits per heavy atom. The molecule has 0 radical (unpaired) electrons. The number of aliphatic hydroxyl groups excluding tert-OH is 1. The second kappa shape index (κ2) is 6.86. The zero-order valence-corrected chi connectivity index (χ0v) is 12.3. The minimum absolute atomic E-state index is 0.0644. The van der Waals surface area contributed by atoms with E-state index >= 15 is 0 Å². The van der Waals surface area contributed by atoms with Crippen LogP contribution in [0.25, 0.3) is 0 Å². The van der Waals surface area contributed by atoms with Gasteiger partial charge in [-0.2, -0.15) is 10.4 Å². The van der Waals surface area contributed by atoms with Crippen LogP contribution in [0.2, 0.25) is 0 Å². The van der Waals surface area contributed by atoms with Gasteiger partial charge in [-0.25, -0.2) is 0 Å². The summed E-state index contributed by atoms with van der Waals surface area (Å²) in [5.74, 6) is 0.856. The molecule has 0 aliphatic rings. The lowest BCUT2D eigenvalue weighted by molar-refractivity contribution is 0.281. The summed E-state index contributed by atoms with van der Waals surface area (Å²) in [4.78, 5) is 6.18. The first kappa shape index (κ1) is 15.0. The number of anilines is 1. The van der Waals surface area contributed by atoms with Gasteiger partial charge >= 0.3 is 0 Å². The fourth-order valence-corrected chi connectivity index (χ4v) is 2.43. The molecule has 0 unspecified atom stereocenters. The lowest BCUT2D eigenvalue weighted by Crippen LogP contribution is -2.27. The molecule has 2 aromatic heterocycles. The molecule has 0 bridgehead atoms. The average molecular weight is 285 g/mol. The van der Waals surface area contributed by atoms with Gasteiger partial charge in [-0.3, -0.25) is 9.67 Å². The number of aliphatic hydroxyl groups is 1. The number of rotatable bonds is 6. The maximum atomic E-state index is 9.60. The molecule has 0 fully saturated rings. The monoisotopic (exact) mass is 285 g/mol. The zero-order valence-electron chi connectivity index (χ0n) is 12.3. The molecule has 1 N–H and O–H groups in total. The predicted octanol–water partition coefficient (Wildman–Crippen LogP) is 1.54. The molecule has 2 rings (SSSR count). The van der Waals surface area contributed by atoms with Crippen molar-refractivity contribution < 1.29 is 5.11 Å². The molecule has 0 atom stereocenters. The molecule has 2 heterocycles.